The number of hydrogen-bond acceptors (Lipinski definition) is 3. The van der Waals surface area contributed by atoms with Gasteiger partial charge in [-0.15, -0.1) is 0 Å². The van der Waals surface area contributed by atoms with Crippen LogP contribution in [-0.2, 0) is 11.2 Å². The minimum absolute atomic E-state index is 0.0117. The normalized spacial score (nSPS) is 15.7. The number of fused-ring (bicyclic) bond motifs is 3. The molecule has 1 N–H and O–H groups in total. The van der Waals surface area contributed by atoms with Crippen molar-refractivity contribution >= 4 is 11.6 Å². The molecule has 1 atom stereocenters. The highest BCUT2D eigenvalue weighted by molar-refractivity contribution is 6.00. The van der Waals surface area contributed by atoms with Crippen molar-refractivity contribution in [3.63, 3.8) is 0 Å². The smallest absolute Gasteiger partial charge is 0.166 e. The van der Waals surface area contributed by atoms with Gasteiger partial charge in [0.2, 0.25) is 0 Å². The van der Waals surface area contributed by atoms with E-state index in [0.29, 0.717) is 24.8 Å². The number of benzene rings is 2. The molecule has 0 amide bonds. The standard InChI is InChI=1S/C20H20O3/c1-3-18(21)16-9-12-10-20(23)17(19(22)4-2)11-15(12)13-7-5-6-8-14(13)16/h5-8,10-11,16,23H,3-4,9H2,1-2H3/t16-/m0/s1. The predicted octanol–water partition coefficient (Wildman–Crippen LogP) is 4.27. The monoisotopic (exact) mass is 308 g/mol. The van der Waals surface area contributed by atoms with E-state index in [1.807, 2.05) is 31.2 Å². The number of ketones is 2. The number of carbonyl (C=O) groups excluding carboxylic acids is 2. The van der Waals surface area contributed by atoms with Crippen LogP contribution >= 0.6 is 0 Å². The Labute approximate surface area is 136 Å². The molecule has 0 saturated heterocycles. The molecule has 3 heteroatoms. The highest BCUT2D eigenvalue weighted by atomic mass is 16.3. The number of Topliss-reactive ketones (excluding diaryl/α,β-unsaturated/α-hetero) is 2. The van der Waals surface area contributed by atoms with Crippen LogP contribution in [0, 0.1) is 0 Å². The first-order valence-electron chi connectivity index (χ1n) is 8.07. The molecule has 2 aromatic rings. The maximum atomic E-state index is 12.3. The summed E-state index contributed by atoms with van der Waals surface area (Å²) in [6.07, 6.45) is 1.42. The van der Waals surface area contributed by atoms with Crippen LogP contribution in [0.2, 0.25) is 0 Å². The van der Waals surface area contributed by atoms with Crippen molar-refractivity contribution in [2.24, 2.45) is 0 Å². The Bertz CT molecular complexity index is 789. The maximum Gasteiger partial charge on any atom is 0.166 e. The van der Waals surface area contributed by atoms with Gasteiger partial charge >= 0.3 is 0 Å². The van der Waals surface area contributed by atoms with Crippen molar-refractivity contribution in [3.8, 4) is 16.9 Å². The quantitative estimate of drug-likeness (QED) is 0.858. The van der Waals surface area contributed by atoms with Gasteiger partial charge in [-0.1, -0.05) is 38.1 Å². The van der Waals surface area contributed by atoms with Crippen molar-refractivity contribution in [2.75, 3.05) is 0 Å². The average molecular weight is 308 g/mol. The Morgan fingerprint density at radius 3 is 2.52 bits per heavy atom. The molecule has 3 rings (SSSR count). The summed E-state index contributed by atoms with van der Waals surface area (Å²) < 4.78 is 0. The number of carbonyl (C=O) groups is 2. The summed E-state index contributed by atoms with van der Waals surface area (Å²) in [7, 11) is 0. The van der Waals surface area contributed by atoms with E-state index in [0.717, 1.165) is 22.3 Å². The number of phenols is 1. The first-order chi connectivity index (χ1) is 11.1. The molecule has 0 spiro atoms. The lowest BCUT2D eigenvalue weighted by Gasteiger charge is -2.27. The van der Waals surface area contributed by atoms with Crippen LogP contribution in [-0.4, -0.2) is 16.7 Å². The molecule has 1 aliphatic rings. The lowest BCUT2D eigenvalue weighted by atomic mass is 9.75. The Kier molecular flexibility index (Phi) is 4.03. The van der Waals surface area contributed by atoms with Gasteiger partial charge in [-0.3, -0.25) is 9.59 Å². The summed E-state index contributed by atoms with van der Waals surface area (Å²) >= 11 is 0. The fourth-order valence-electron chi connectivity index (χ4n) is 3.37. The third-order valence-electron chi connectivity index (χ3n) is 4.63. The molecular weight excluding hydrogens is 288 g/mol. The van der Waals surface area contributed by atoms with E-state index in [2.05, 4.69) is 0 Å². The van der Waals surface area contributed by atoms with Gasteiger partial charge in [-0.25, -0.2) is 0 Å². The molecule has 0 heterocycles. The predicted molar refractivity (Wildman–Crippen MR) is 89.9 cm³/mol. The maximum absolute atomic E-state index is 12.3. The van der Waals surface area contributed by atoms with E-state index in [4.69, 9.17) is 0 Å². The molecule has 3 nitrogen and oxygen atoms in total. The van der Waals surface area contributed by atoms with Crippen molar-refractivity contribution < 1.29 is 14.7 Å². The first-order valence-corrected chi connectivity index (χ1v) is 8.07. The fourth-order valence-corrected chi connectivity index (χ4v) is 3.37. The van der Waals surface area contributed by atoms with Crippen LogP contribution in [0.4, 0.5) is 0 Å². The molecule has 0 fully saturated rings. The van der Waals surface area contributed by atoms with Crippen LogP contribution in [0.1, 0.15) is 54.1 Å². The highest BCUT2D eigenvalue weighted by Crippen LogP contribution is 2.42. The summed E-state index contributed by atoms with van der Waals surface area (Å²) in [5.41, 5.74) is 4.26. The van der Waals surface area contributed by atoms with Gasteiger partial charge in [-0.2, -0.15) is 0 Å². The van der Waals surface area contributed by atoms with Gasteiger partial charge in [-0.05, 0) is 40.8 Å². The van der Waals surface area contributed by atoms with E-state index in [1.165, 1.54) is 0 Å². The molecule has 0 aromatic heterocycles. The molecular formula is C20H20O3. The Hall–Kier alpha value is -2.42. The third-order valence-corrected chi connectivity index (χ3v) is 4.63. The zero-order valence-electron chi connectivity index (χ0n) is 13.4. The van der Waals surface area contributed by atoms with Gasteiger partial charge in [0.15, 0.2) is 5.78 Å². The summed E-state index contributed by atoms with van der Waals surface area (Å²) in [6.45, 7) is 3.66. The highest BCUT2D eigenvalue weighted by Gasteiger charge is 2.29. The summed E-state index contributed by atoms with van der Waals surface area (Å²) in [5.74, 6) is -0.0284. The van der Waals surface area contributed by atoms with Crippen LogP contribution in [0.15, 0.2) is 36.4 Å². The number of phenolic OH excluding ortho intramolecular Hbond substituents is 1. The van der Waals surface area contributed by atoms with Crippen LogP contribution in [0.25, 0.3) is 11.1 Å². The van der Waals surface area contributed by atoms with Gasteiger partial charge in [0.05, 0.1) is 5.56 Å². The lowest BCUT2D eigenvalue weighted by molar-refractivity contribution is -0.120. The van der Waals surface area contributed by atoms with Gasteiger partial charge in [0.25, 0.3) is 0 Å². The molecule has 0 radical (unpaired) electrons. The second-order valence-electron chi connectivity index (χ2n) is 5.97. The van der Waals surface area contributed by atoms with Crippen molar-refractivity contribution in [1.29, 1.82) is 0 Å². The second kappa shape index (κ2) is 5.99. The fraction of sp³-hybridized carbons (Fsp3) is 0.300. The molecule has 118 valence electrons. The van der Waals surface area contributed by atoms with E-state index < -0.39 is 0 Å². The van der Waals surface area contributed by atoms with E-state index in [-0.39, 0.29) is 23.2 Å². The third kappa shape index (κ3) is 2.56. The van der Waals surface area contributed by atoms with Crippen molar-refractivity contribution in [3.05, 3.63) is 53.1 Å². The number of rotatable bonds is 4. The largest absolute Gasteiger partial charge is 0.507 e. The minimum atomic E-state index is -0.171. The van der Waals surface area contributed by atoms with Crippen molar-refractivity contribution in [2.45, 2.75) is 39.0 Å². The van der Waals surface area contributed by atoms with E-state index in [9.17, 15) is 14.7 Å². The molecule has 23 heavy (non-hydrogen) atoms. The molecule has 0 aliphatic heterocycles. The van der Waals surface area contributed by atoms with Gasteiger partial charge in [0, 0.05) is 18.8 Å². The average Bonchev–Trinajstić information content (AvgIpc) is 2.59. The molecule has 0 saturated carbocycles. The lowest BCUT2D eigenvalue weighted by Crippen LogP contribution is -2.19. The SMILES string of the molecule is CCC(=O)c1cc2c(cc1O)C[C@H](C(=O)CC)c1ccccc1-2. The van der Waals surface area contributed by atoms with E-state index >= 15 is 0 Å². The Balaban J connectivity index is 2.20. The zero-order chi connectivity index (χ0) is 16.6. The first kappa shape index (κ1) is 15.5. The summed E-state index contributed by atoms with van der Waals surface area (Å²) in [5, 5.41) is 10.2. The molecule has 2 aromatic carbocycles. The topological polar surface area (TPSA) is 54.4 Å². The van der Waals surface area contributed by atoms with Crippen LogP contribution < -0.4 is 0 Å². The van der Waals surface area contributed by atoms with Crippen LogP contribution in [0.5, 0.6) is 5.75 Å². The zero-order valence-corrected chi connectivity index (χ0v) is 13.4. The number of aromatic hydroxyl groups is 1. The van der Waals surface area contributed by atoms with Crippen molar-refractivity contribution in [1.82, 2.24) is 0 Å². The summed E-state index contributed by atoms with van der Waals surface area (Å²) in [6, 6.07) is 11.3. The minimum Gasteiger partial charge on any atom is -0.507 e. The van der Waals surface area contributed by atoms with Gasteiger partial charge in [0.1, 0.15) is 11.5 Å². The van der Waals surface area contributed by atoms with Crippen LogP contribution in [0.3, 0.4) is 0 Å². The Morgan fingerprint density at radius 2 is 1.83 bits per heavy atom. The summed E-state index contributed by atoms with van der Waals surface area (Å²) in [4.78, 5) is 24.4. The molecule has 0 bridgehead atoms. The number of hydrogen-bond donors (Lipinski definition) is 1. The Morgan fingerprint density at radius 1 is 1.09 bits per heavy atom. The van der Waals surface area contributed by atoms with Gasteiger partial charge < -0.3 is 5.11 Å². The molecule has 1 aliphatic carbocycles. The van der Waals surface area contributed by atoms with E-state index in [1.54, 1.807) is 19.1 Å². The molecule has 0 unspecified atom stereocenters. The second-order valence-corrected chi connectivity index (χ2v) is 5.97.